The standard InChI is InChI=1S/C18H21N3O2S/c1-12(21-9-3-4-10-21)13-5-7-14(8-6-13)16-15(17(22)23)11-19-18(20-16)24-2/h5-8,11-12H,3-4,9-10H2,1-2H3,(H,22,23). The second-order valence-electron chi connectivity index (χ2n) is 5.97. The predicted octanol–water partition coefficient (Wildman–Crippen LogP) is 3.72. The van der Waals surface area contributed by atoms with Crippen molar-refractivity contribution in [3.05, 3.63) is 41.6 Å². The number of aromatic nitrogens is 2. The lowest BCUT2D eigenvalue weighted by Gasteiger charge is -2.24. The Kier molecular flexibility index (Phi) is 5.16. The Labute approximate surface area is 146 Å². The summed E-state index contributed by atoms with van der Waals surface area (Å²) in [5.74, 6) is -1.01. The molecule has 1 aliphatic heterocycles. The van der Waals surface area contributed by atoms with Gasteiger partial charge in [-0.3, -0.25) is 4.90 Å². The van der Waals surface area contributed by atoms with E-state index in [1.54, 1.807) is 0 Å². The number of hydrogen-bond acceptors (Lipinski definition) is 5. The summed E-state index contributed by atoms with van der Waals surface area (Å²) in [5.41, 5.74) is 2.66. The fourth-order valence-corrected chi connectivity index (χ4v) is 3.44. The van der Waals surface area contributed by atoms with Crippen LogP contribution < -0.4 is 0 Å². The van der Waals surface area contributed by atoms with Crippen LogP contribution >= 0.6 is 11.8 Å². The first-order valence-corrected chi connectivity index (χ1v) is 9.31. The van der Waals surface area contributed by atoms with Crippen LogP contribution in [0.3, 0.4) is 0 Å². The molecule has 1 aliphatic rings. The molecule has 126 valence electrons. The molecule has 0 bridgehead atoms. The number of likely N-dealkylation sites (tertiary alicyclic amines) is 1. The smallest absolute Gasteiger partial charge is 0.339 e. The van der Waals surface area contributed by atoms with Crippen molar-refractivity contribution in [3.8, 4) is 11.3 Å². The summed E-state index contributed by atoms with van der Waals surface area (Å²) in [4.78, 5) is 22.4. The number of hydrogen-bond donors (Lipinski definition) is 1. The van der Waals surface area contributed by atoms with E-state index in [1.165, 1.54) is 36.4 Å². The fraction of sp³-hybridized carbons (Fsp3) is 0.389. The van der Waals surface area contributed by atoms with E-state index in [4.69, 9.17) is 0 Å². The van der Waals surface area contributed by atoms with E-state index in [0.29, 0.717) is 16.9 Å². The molecule has 24 heavy (non-hydrogen) atoms. The first-order valence-electron chi connectivity index (χ1n) is 8.09. The van der Waals surface area contributed by atoms with Gasteiger partial charge < -0.3 is 5.11 Å². The number of carboxylic acid groups (broad SMARTS) is 1. The minimum absolute atomic E-state index is 0.133. The Morgan fingerprint density at radius 3 is 2.50 bits per heavy atom. The molecule has 3 rings (SSSR count). The van der Waals surface area contributed by atoms with Crippen molar-refractivity contribution in [3.63, 3.8) is 0 Å². The summed E-state index contributed by atoms with van der Waals surface area (Å²) in [6.07, 6.45) is 5.79. The van der Waals surface area contributed by atoms with Crippen molar-refractivity contribution >= 4 is 17.7 Å². The lowest BCUT2D eigenvalue weighted by Crippen LogP contribution is -2.23. The van der Waals surface area contributed by atoms with E-state index in [9.17, 15) is 9.90 Å². The minimum atomic E-state index is -1.01. The Hall–Kier alpha value is -1.92. The molecule has 2 aromatic rings. The van der Waals surface area contributed by atoms with Crippen molar-refractivity contribution in [2.24, 2.45) is 0 Å². The van der Waals surface area contributed by atoms with E-state index in [-0.39, 0.29) is 5.56 Å². The maximum absolute atomic E-state index is 11.5. The largest absolute Gasteiger partial charge is 0.478 e. The second kappa shape index (κ2) is 7.32. The molecule has 0 saturated carbocycles. The van der Waals surface area contributed by atoms with Gasteiger partial charge in [0.1, 0.15) is 5.56 Å². The number of rotatable bonds is 5. The molecule has 6 heteroatoms. The average molecular weight is 343 g/mol. The van der Waals surface area contributed by atoms with Crippen molar-refractivity contribution in [2.45, 2.75) is 31.0 Å². The van der Waals surface area contributed by atoms with E-state index in [1.807, 2.05) is 18.4 Å². The predicted molar refractivity (Wildman–Crippen MR) is 95.4 cm³/mol. The van der Waals surface area contributed by atoms with Crippen molar-refractivity contribution in [1.29, 1.82) is 0 Å². The molecule has 1 N–H and O–H groups in total. The Morgan fingerprint density at radius 1 is 1.25 bits per heavy atom. The van der Waals surface area contributed by atoms with Gasteiger partial charge >= 0.3 is 5.97 Å². The van der Waals surface area contributed by atoms with Gasteiger partial charge in [-0.05, 0) is 44.7 Å². The monoisotopic (exact) mass is 343 g/mol. The van der Waals surface area contributed by atoms with Crippen LogP contribution in [0.4, 0.5) is 0 Å². The van der Waals surface area contributed by atoms with Gasteiger partial charge in [0.15, 0.2) is 5.16 Å². The molecule has 0 spiro atoms. The van der Waals surface area contributed by atoms with Crippen LogP contribution in [0.5, 0.6) is 0 Å². The van der Waals surface area contributed by atoms with Gasteiger partial charge in [0.25, 0.3) is 0 Å². The third-order valence-electron chi connectivity index (χ3n) is 4.53. The molecule has 1 saturated heterocycles. The van der Waals surface area contributed by atoms with Gasteiger partial charge in [-0.2, -0.15) is 0 Å². The zero-order valence-electron chi connectivity index (χ0n) is 13.9. The second-order valence-corrected chi connectivity index (χ2v) is 6.74. The topological polar surface area (TPSA) is 66.3 Å². The first kappa shape index (κ1) is 16.9. The SMILES string of the molecule is CSc1ncc(C(=O)O)c(-c2ccc(C(C)N3CCCC3)cc2)n1. The van der Waals surface area contributed by atoms with Gasteiger partial charge in [-0.15, -0.1) is 0 Å². The van der Waals surface area contributed by atoms with E-state index in [2.05, 4.69) is 33.9 Å². The maximum atomic E-state index is 11.5. The van der Waals surface area contributed by atoms with Crippen LogP contribution in [0, 0.1) is 0 Å². The van der Waals surface area contributed by atoms with E-state index >= 15 is 0 Å². The normalized spacial score (nSPS) is 16.2. The summed E-state index contributed by atoms with van der Waals surface area (Å²) in [6.45, 7) is 4.52. The van der Waals surface area contributed by atoms with E-state index < -0.39 is 5.97 Å². The summed E-state index contributed by atoms with van der Waals surface area (Å²) in [5, 5.41) is 9.96. The summed E-state index contributed by atoms with van der Waals surface area (Å²) < 4.78 is 0. The molecule has 1 atom stereocenters. The third kappa shape index (κ3) is 3.44. The molecule has 1 aromatic carbocycles. The number of nitrogens with zero attached hydrogens (tertiary/aromatic N) is 3. The average Bonchev–Trinajstić information content (AvgIpc) is 3.15. The molecule has 5 nitrogen and oxygen atoms in total. The molecule has 1 aromatic heterocycles. The Bertz CT molecular complexity index is 728. The maximum Gasteiger partial charge on any atom is 0.339 e. The van der Waals surface area contributed by atoms with Gasteiger partial charge in [0.05, 0.1) is 5.69 Å². The Morgan fingerprint density at radius 2 is 1.92 bits per heavy atom. The van der Waals surface area contributed by atoms with Crippen LogP contribution in [-0.2, 0) is 0 Å². The molecule has 1 fully saturated rings. The quantitative estimate of drug-likeness (QED) is 0.659. The van der Waals surface area contributed by atoms with Crippen LogP contribution in [0.15, 0.2) is 35.6 Å². The third-order valence-corrected chi connectivity index (χ3v) is 5.10. The first-order chi connectivity index (χ1) is 11.6. The fourth-order valence-electron chi connectivity index (χ4n) is 3.10. The summed E-state index contributed by atoms with van der Waals surface area (Å²) in [6, 6.07) is 8.45. The lowest BCUT2D eigenvalue weighted by atomic mass is 10.0. The number of aromatic carboxylic acids is 1. The van der Waals surface area contributed by atoms with Gasteiger partial charge in [0, 0.05) is 17.8 Å². The van der Waals surface area contributed by atoms with Gasteiger partial charge in [0.2, 0.25) is 0 Å². The van der Waals surface area contributed by atoms with Crippen molar-refractivity contribution < 1.29 is 9.90 Å². The number of benzene rings is 1. The van der Waals surface area contributed by atoms with Crippen LogP contribution in [-0.4, -0.2) is 45.3 Å². The molecule has 0 radical (unpaired) electrons. The minimum Gasteiger partial charge on any atom is -0.478 e. The van der Waals surface area contributed by atoms with Crippen LogP contribution in [0.1, 0.15) is 41.7 Å². The molecule has 2 heterocycles. The highest BCUT2D eigenvalue weighted by molar-refractivity contribution is 7.98. The summed E-state index contributed by atoms with van der Waals surface area (Å²) in [7, 11) is 0. The number of carboxylic acids is 1. The van der Waals surface area contributed by atoms with E-state index in [0.717, 1.165) is 18.7 Å². The molecule has 0 amide bonds. The van der Waals surface area contributed by atoms with Crippen molar-refractivity contribution in [2.75, 3.05) is 19.3 Å². The zero-order chi connectivity index (χ0) is 17.1. The number of thioether (sulfide) groups is 1. The summed E-state index contributed by atoms with van der Waals surface area (Å²) >= 11 is 1.40. The number of carbonyl (C=O) groups is 1. The molecular weight excluding hydrogens is 322 g/mol. The molecule has 0 aliphatic carbocycles. The molecular formula is C18H21N3O2S. The van der Waals surface area contributed by atoms with Crippen LogP contribution in [0.25, 0.3) is 11.3 Å². The van der Waals surface area contributed by atoms with Gasteiger partial charge in [-0.25, -0.2) is 14.8 Å². The lowest BCUT2D eigenvalue weighted by molar-refractivity contribution is 0.0696. The van der Waals surface area contributed by atoms with Crippen molar-refractivity contribution in [1.82, 2.24) is 14.9 Å². The zero-order valence-corrected chi connectivity index (χ0v) is 14.7. The van der Waals surface area contributed by atoms with Gasteiger partial charge in [-0.1, -0.05) is 36.0 Å². The highest BCUT2D eigenvalue weighted by Crippen LogP contribution is 2.28. The Balaban J connectivity index is 1.91. The highest BCUT2D eigenvalue weighted by atomic mass is 32.2. The van der Waals surface area contributed by atoms with Crippen LogP contribution in [0.2, 0.25) is 0 Å². The highest BCUT2D eigenvalue weighted by Gasteiger charge is 2.20. The molecule has 1 unspecified atom stereocenters.